The van der Waals surface area contributed by atoms with Crippen molar-refractivity contribution in [1.82, 2.24) is 15.2 Å². The Morgan fingerprint density at radius 1 is 1.24 bits per heavy atom. The first-order valence-electron chi connectivity index (χ1n) is 6.69. The number of pyridine rings is 1. The van der Waals surface area contributed by atoms with Crippen LogP contribution < -0.4 is 5.32 Å². The van der Waals surface area contributed by atoms with E-state index in [4.69, 9.17) is 0 Å². The van der Waals surface area contributed by atoms with Crippen molar-refractivity contribution in [2.45, 2.75) is 38.8 Å². The number of rotatable bonds is 5. The highest BCUT2D eigenvalue weighted by Gasteiger charge is 2.12. The predicted octanol–water partition coefficient (Wildman–Crippen LogP) is 2.05. The van der Waals surface area contributed by atoms with Gasteiger partial charge >= 0.3 is 0 Å². The van der Waals surface area contributed by atoms with Gasteiger partial charge in [-0.3, -0.25) is 4.98 Å². The minimum absolute atomic E-state index is 0.557. The van der Waals surface area contributed by atoms with Crippen LogP contribution in [-0.4, -0.2) is 35.6 Å². The molecule has 2 heterocycles. The van der Waals surface area contributed by atoms with Crippen LogP contribution in [0.3, 0.4) is 0 Å². The largest absolute Gasteiger partial charge is 0.309 e. The molecule has 1 aromatic rings. The maximum atomic E-state index is 4.03. The highest BCUT2D eigenvalue weighted by Crippen LogP contribution is 2.08. The van der Waals surface area contributed by atoms with Crippen LogP contribution in [0.25, 0.3) is 0 Å². The molecule has 1 fully saturated rings. The van der Waals surface area contributed by atoms with Crippen LogP contribution in [0.2, 0.25) is 0 Å². The van der Waals surface area contributed by atoms with Crippen molar-refractivity contribution >= 4 is 0 Å². The number of hydrogen-bond acceptors (Lipinski definition) is 3. The maximum Gasteiger partial charge on any atom is 0.0271 e. The summed E-state index contributed by atoms with van der Waals surface area (Å²) in [5.41, 5.74) is 1.31. The number of hydrogen-bond donors (Lipinski definition) is 1. The van der Waals surface area contributed by atoms with Gasteiger partial charge in [-0.1, -0.05) is 6.42 Å². The van der Waals surface area contributed by atoms with Crippen molar-refractivity contribution in [3.63, 3.8) is 0 Å². The van der Waals surface area contributed by atoms with Gasteiger partial charge in [0.05, 0.1) is 0 Å². The third-order valence-corrected chi connectivity index (χ3v) is 3.38. The van der Waals surface area contributed by atoms with Crippen LogP contribution >= 0.6 is 0 Å². The van der Waals surface area contributed by atoms with E-state index < -0.39 is 0 Å². The van der Waals surface area contributed by atoms with Gasteiger partial charge in [0.15, 0.2) is 0 Å². The summed E-state index contributed by atoms with van der Waals surface area (Å²) in [4.78, 5) is 6.61. The van der Waals surface area contributed by atoms with Crippen LogP contribution in [0.1, 0.15) is 31.7 Å². The van der Waals surface area contributed by atoms with Crippen LogP contribution in [0.5, 0.6) is 0 Å². The Balaban J connectivity index is 1.68. The van der Waals surface area contributed by atoms with Gasteiger partial charge in [-0.05, 0) is 50.6 Å². The van der Waals surface area contributed by atoms with E-state index in [0.717, 1.165) is 6.54 Å². The molecular weight excluding hydrogens is 210 g/mol. The summed E-state index contributed by atoms with van der Waals surface area (Å²) in [5, 5.41) is 3.58. The van der Waals surface area contributed by atoms with Crippen LogP contribution in [0.15, 0.2) is 24.5 Å². The Kier molecular flexibility index (Phi) is 4.95. The number of aromatic nitrogens is 1. The van der Waals surface area contributed by atoms with Crippen molar-refractivity contribution in [1.29, 1.82) is 0 Å². The molecule has 1 saturated heterocycles. The molecule has 0 spiro atoms. The molecule has 0 bridgehead atoms. The second-order valence-electron chi connectivity index (χ2n) is 5.00. The molecule has 94 valence electrons. The minimum Gasteiger partial charge on any atom is -0.309 e. The second kappa shape index (κ2) is 6.72. The monoisotopic (exact) mass is 233 g/mol. The molecule has 3 nitrogen and oxygen atoms in total. The summed E-state index contributed by atoms with van der Waals surface area (Å²) in [6.07, 6.45) is 7.86. The molecule has 1 unspecified atom stereocenters. The maximum absolute atomic E-state index is 4.03. The van der Waals surface area contributed by atoms with E-state index in [9.17, 15) is 0 Å². The standard InChI is InChI=1S/C14H23N3/c1-13(12-17-9-3-2-4-10-17)16-11-14-5-7-15-8-6-14/h5-8,13,16H,2-4,9-12H2,1H3. The molecule has 1 N–H and O–H groups in total. The molecule has 0 radical (unpaired) electrons. The molecule has 1 aliphatic rings. The summed E-state index contributed by atoms with van der Waals surface area (Å²) in [7, 11) is 0. The third-order valence-electron chi connectivity index (χ3n) is 3.38. The molecule has 3 heteroatoms. The fraction of sp³-hybridized carbons (Fsp3) is 0.643. The van der Waals surface area contributed by atoms with Gasteiger partial charge < -0.3 is 10.2 Å². The zero-order chi connectivity index (χ0) is 11.9. The minimum atomic E-state index is 0.557. The van der Waals surface area contributed by atoms with Crippen LogP contribution in [0, 0.1) is 0 Å². The quantitative estimate of drug-likeness (QED) is 0.843. The summed E-state index contributed by atoms with van der Waals surface area (Å²) in [5.74, 6) is 0. The fourth-order valence-electron chi connectivity index (χ4n) is 2.39. The molecule has 2 rings (SSSR count). The van der Waals surface area contributed by atoms with Gasteiger partial charge in [-0.15, -0.1) is 0 Å². The Bertz CT molecular complexity index is 307. The first-order chi connectivity index (χ1) is 8.34. The van der Waals surface area contributed by atoms with E-state index in [1.54, 1.807) is 0 Å². The fourth-order valence-corrected chi connectivity index (χ4v) is 2.39. The zero-order valence-corrected chi connectivity index (χ0v) is 10.7. The molecule has 1 aliphatic heterocycles. The summed E-state index contributed by atoms with van der Waals surface area (Å²) in [6.45, 7) is 6.95. The Morgan fingerprint density at radius 3 is 2.65 bits per heavy atom. The smallest absolute Gasteiger partial charge is 0.0271 e. The summed E-state index contributed by atoms with van der Waals surface area (Å²) in [6, 6.07) is 4.70. The van der Waals surface area contributed by atoms with E-state index in [2.05, 4.69) is 34.3 Å². The van der Waals surface area contributed by atoms with E-state index in [0.29, 0.717) is 6.04 Å². The molecule has 1 aromatic heterocycles. The average molecular weight is 233 g/mol. The Labute approximate surface area is 104 Å². The highest BCUT2D eigenvalue weighted by atomic mass is 15.1. The van der Waals surface area contributed by atoms with Gasteiger partial charge in [0.1, 0.15) is 0 Å². The van der Waals surface area contributed by atoms with Gasteiger partial charge in [0.25, 0.3) is 0 Å². The first-order valence-corrected chi connectivity index (χ1v) is 6.69. The molecular formula is C14H23N3. The first kappa shape index (κ1) is 12.5. The topological polar surface area (TPSA) is 28.2 Å². The van der Waals surface area contributed by atoms with Crippen molar-refractivity contribution in [2.24, 2.45) is 0 Å². The lowest BCUT2D eigenvalue weighted by atomic mass is 10.1. The Morgan fingerprint density at radius 2 is 1.94 bits per heavy atom. The molecule has 0 amide bonds. The van der Waals surface area contributed by atoms with Crippen LogP contribution in [-0.2, 0) is 6.54 Å². The zero-order valence-electron chi connectivity index (χ0n) is 10.7. The molecule has 17 heavy (non-hydrogen) atoms. The van der Waals surface area contributed by atoms with E-state index in [1.165, 1.54) is 44.5 Å². The SMILES string of the molecule is CC(CN1CCCCC1)NCc1ccncc1. The number of nitrogens with one attached hydrogen (secondary N) is 1. The number of nitrogens with zero attached hydrogens (tertiary/aromatic N) is 2. The van der Waals surface area contributed by atoms with Crippen LogP contribution in [0.4, 0.5) is 0 Å². The van der Waals surface area contributed by atoms with Crippen molar-refractivity contribution in [2.75, 3.05) is 19.6 Å². The van der Waals surface area contributed by atoms with Gasteiger partial charge in [0.2, 0.25) is 0 Å². The van der Waals surface area contributed by atoms with Gasteiger partial charge in [-0.25, -0.2) is 0 Å². The lowest BCUT2D eigenvalue weighted by molar-refractivity contribution is 0.209. The predicted molar refractivity (Wildman–Crippen MR) is 70.8 cm³/mol. The summed E-state index contributed by atoms with van der Waals surface area (Å²) >= 11 is 0. The van der Waals surface area contributed by atoms with E-state index >= 15 is 0 Å². The van der Waals surface area contributed by atoms with Gasteiger partial charge in [0, 0.05) is 31.5 Å². The second-order valence-corrected chi connectivity index (χ2v) is 5.00. The highest BCUT2D eigenvalue weighted by molar-refractivity contribution is 5.09. The van der Waals surface area contributed by atoms with Gasteiger partial charge in [-0.2, -0.15) is 0 Å². The lowest BCUT2D eigenvalue weighted by Crippen LogP contribution is -2.41. The van der Waals surface area contributed by atoms with Crippen molar-refractivity contribution in [3.05, 3.63) is 30.1 Å². The summed E-state index contributed by atoms with van der Waals surface area (Å²) < 4.78 is 0. The van der Waals surface area contributed by atoms with E-state index in [-0.39, 0.29) is 0 Å². The molecule has 1 atom stereocenters. The molecule has 0 aliphatic carbocycles. The molecule has 0 aromatic carbocycles. The van der Waals surface area contributed by atoms with E-state index in [1.807, 2.05) is 12.4 Å². The average Bonchev–Trinajstić information content (AvgIpc) is 2.39. The molecule has 0 saturated carbocycles. The Hall–Kier alpha value is -0.930. The number of piperidine rings is 1. The third kappa shape index (κ3) is 4.44. The lowest BCUT2D eigenvalue weighted by Gasteiger charge is -2.29. The number of likely N-dealkylation sites (tertiary alicyclic amines) is 1. The normalized spacial score (nSPS) is 19.1. The van der Waals surface area contributed by atoms with Crippen molar-refractivity contribution < 1.29 is 0 Å². The van der Waals surface area contributed by atoms with Crippen molar-refractivity contribution in [3.8, 4) is 0 Å².